The van der Waals surface area contributed by atoms with E-state index in [0.717, 1.165) is 19.2 Å². The molecule has 1 fully saturated rings. The maximum absolute atomic E-state index is 5.52. The molecular weight excluding hydrogens is 138 g/mol. The largest absolute Gasteiger partial charge is 0.377 e. The topological polar surface area (TPSA) is 21.3 Å². The van der Waals surface area contributed by atoms with Gasteiger partial charge in [-0.25, -0.2) is 0 Å². The average Bonchev–Trinajstić information content (AvgIpc) is 2.38. The number of hydrogen-bond acceptors (Lipinski definition) is 2. The van der Waals surface area contributed by atoms with E-state index in [2.05, 4.69) is 19.2 Å². The standard InChI is InChI=1S/C9H19NO/c1-3-5-8-6-9(7-10-8)11-4-2/h8-10H,3-7H2,1-2H3/t8-,9+/m1/s1. The molecule has 66 valence electrons. The molecular formula is C9H19NO. The van der Waals surface area contributed by atoms with Gasteiger partial charge in [-0.15, -0.1) is 0 Å². The molecule has 2 heteroatoms. The van der Waals surface area contributed by atoms with Crippen molar-refractivity contribution in [2.45, 2.75) is 45.3 Å². The number of rotatable bonds is 4. The van der Waals surface area contributed by atoms with Crippen molar-refractivity contribution in [3.63, 3.8) is 0 Å². The molecule has 0 unspecified atom stereocenters. The second kappa shape index (κ2) is 4.73. The van der Waals surface area contributed by atoms with Gasteiger partial charge in [-0.1, -0.05) is 13.3 Å². The van der Waals surface area contributed by atoms with Gasteiger partial charge in [0.1, 0.15) is 0 Å². The lowest BCUT2D eigenvalue weighted by Gasteiger charge is -2.08. The Kier molecular flexibility index (Phi) is 3.87. The second-order valence-corrected chi connectivity index (χ2v) is 3.21. The van der Waals surface area contributed by atoms with E-state index in [-0.39, 0.29) is 0 Å². The summed E-state index contributed by atoms with van der Waals surface area (Å²) in [7, 11) is 0. The Morgan fingerprint density at radius 1 is 1.45 bits per heavy atom. The third-order valence-electron chi connectivity index (χ3n) is 2.22. The van der Waals surface area contributed by atoms with Crippen LogP contribution in [0.25, 0.3) is 0 Å². The molecule has 1 heterocycles. The lowest BCUT2D eigenvalue weighted by atomic mass is 10.1. The van der Waals surface area contributed by atoms with Crippen LogP contribution in [0.1, 0.15) is 33.1 Å². The Balaban J connectivity index is 2.12. The molecule has 1 aliphatic rings. The smallest absolute Gasteiger partial charge is 0.0714 e. The predicted molar refractivity (Wildman–Crippen MR) is 46.7 cm³/mol. The average molecular weight is 157 g/mol. The van der Waals surface area contributed by atoms with Crippen molar-refractivity contribution in [2.24, 2.45) is 0 Å². The van der Waals surface area contributed by atoms with E-state index in [1.807, 2.05) is 0 Å². The van der Waals surface area contributed by atoms with Crippen molar-refractivity contribution in [2.75, 3.05) is 13.2 Å². The van der Waals surface area contributed by atoms with Gasteiger partial charge in [0.15, 0.2) is 0 Å². The summed E-state index contributed by atoms with van der Waals surface area (Å²) in [5.41, 5.74) is 0. The van der Waals surface area contributed by atoms with Crippen molar-refractivity contribution in [3.05, 3.63) is 0 Å². The van der Waals surface area contributed by atoms with Gasteiger partial charge in [-0.2, -0.15) is 0 Å². The van der Waals surface area contributed by atoms with Crippen molar-refractivity contribution >= 4 is 0 Å². The van der Waals surface area contributed by atoms with E-state index in [9.17, 15) is 0 Å². The maximum atomic E-state index is 5.52. The Hall–Kier alpha value is -0.0800. The zero-order chi connectivity index (χ0) is 8.10. The van der Waals surface area contributed by atoms with Crippen LogP contribution in [0, 0.1) is 0 Å². The molecule has 1 rings (SSSR count). The summed E-state index contributed by atoms with van der Waals surface area (Å²) in [4.78, 5) is 0. The number of nitrogens with one attached hydrogen (secondary N) is 1. The zero-order valence-corrected chi connectivity index (χ0v) is 7.60. The van der Waals surface area contributed by atoms with Gasteiger partial charge in [-0.3, -0.25) is 0 Å². The van der Waals surface area contributed by atoms with E-state index >= 15 is 0 Å². The Morgan fingerprint density at radius 2 is 2.27 bits per heavy atom. The summed E-state index contributed by atoms with van der Waals surface area (Å²) in [6, 6.07) is 0.719. The highest BCUT2D eigenvalue weighted by atomic mass is 16.5. The van der Waals surface area contributed by atoms with Crippen LogP contribution in [-0.4, -0.2) is 25.3 Å². The van der Waals surface area contributed by atoms with Gasteiger partial charge in [0.25, 0.3) is 0 Å². The summed E-state index contributed by atoms with van der Waals surface area (Å²) in [6.07, 6.45) is 4.26. The monoisotopic (exact) mass is 157 g/mol. The SMILES string of the molecule is CCC[C@@H]1C[C@H](OCC)CN1. The van der Waals surface area contributed by atoms with E-state index < -0.39 is 0 Å². The minimum absolute atomic E-state index is 0.483. The second-order valence-electron chi connectivity index (χ2n) is 3.21. The van der Waals surface area contributed by atoms with E-state index in [1.54, 1.807) is 0 Å². The third kappa shape index (κ3) is 2.80. The molecule has 0 radical (unpaired) electrons. The van der Waals surface area contributed by atoms with Crippen LogP contribution in [-0.2, 0) is 4.74 Å². The summed E-state index contributed by atoms with van der Waals surface area (Å²) >= 11 is 0. The zero-order valence-electron chi connectivity index (χ0n) is 7.60. The summed E-state index contributed by atoms with van der Waals surface area (Å²) in [5.74, 6) is 0. The van der Waals surface area contributed by atoms with Gasteiger partial charge in [0.2, 0.25) is 0 Å². The molecule has 1 N–H and O–H groups in total. The lowest BCUT2D eigenvalue weighted by molar-refractivity contribution is 0.0755. The molecule has 0 aromatic heterocycles. The van der Waals surface area contributed by atoms with Crippen molar-refractivity contribution in [1.82, 2.24) is 5.32 Å². The van der Waals surface area contributed by atoms with Crippen LogP contribution in [0.5, 0.6) is 0 Å². The van der Waals surface area contributed by atoms with Crippen LogP contribution >= 0.6 is 0 Å². The van der Waals surface area contributed by atoms with Crippen LogP contribution in [0.15, 0.2) is 0 Å². The number of ether oxygens (including phenoxy) is 1. The molecule has 2 atom stereocenters. The molecule has 0 aromatic rings. The first-order valence-electron chi connectivity index (χ1n) is 4.71. The maximum Gasteiger partial charge on any atom is 0.0714 e. The van der Waals surface area contributed by atoms with Crippen LogP contribution in [0.4, 0.5) is 0 Å². The molecule has 0 aromatic carbocycles. The summed E-state index contributed by atoms with van der Waals surface area (Å²) in [5, 5.41) is 3.47. The van der Waals surface area contributed by atoms with Gasteiger partial charge in [0.05, 0.1) is 6.10 Å². The van der Waals surface area contributed by atoms with Crippen molar-refractivity contribution in [1.29, 1.82) is 0 Å². The lowest BCUT2D eigenvalue weighted by Crippen LogP contribution is -2.21. The number of hydrogen-bond donors (Lipinski definition) is 1. The highest BCUT2D eigenvalue weighted by Gasteiger charge is 2.22. The fourth-order valence-corrected chi connectivity index (χ4v) is 1.71. The first-order valence-corrected chi connectivity index (χ1v) is 4.71. The Bertz CT molecular complexity index is 93.7. The minimum atomic E-state index is 0.483. The van der Waals surface area contributed by atoms with Gasteiger partial charge < -0.3 is 10.1 Å². The molecule has 11 heavy (non-hydrogen) atoms. The van der Waals surface area contributed by atoms with Gasteiger partial charge >= 0.3 is 0 Å². The Labute approximate surface area is 69.3 Å². The Morgan fingerprint density at radius 3 is 2.91 bits per heavy atom. The first-order chi connectivity index (χ1) is 5.36. The molecule has 0 bridgehead atoms. The molecule has 0 aliphatic carbocycles. The summed E-state index contributed by atoms with van der Waals surface area (Å²) in [6.45, 7) is 6.20. The molecule has 1 aliphatic heterocycles. The third-order valence-corrected chi connectivity index (χ3v) is 2.22. The normalized spacial score (nSPS) is 31.1. The van der Waals surface area contributed by atoms with Crippen LogP contribution < -0.4 is 5.32 Å². The van der Waals surface area contributed by atoms with E-state index in [1.165, 1.54) is 19.3 Å². The van der Waals surface area contributed by atoms with Crippen molar-refractivity contribution in [3.8, 4) is 0 Å². The van der Waals surface area contributed by atoms with Crippen molar-refractivity contribution < 1.29 is 4.74 Å². The fraction of sp³-hybridized carbons (Fsp3) is 1.00. The predicted octanol–water partition coefficient (Wildman–Crippen LogP) is 1.55. The molecule has 0 amide bonds. The van der Waals surface area contributed by atoms with E-state index in [4.69, 9.17) is 4.74 Å². The summed E-state index contributed by atoms with van der Waals surface area (Å²) < 4.78 is 5.52. The van der Waals surface area contributed by atoms with Gasteiger partial charge in [-0.05, 0) is 19.8 Å². The minimum Gasteiger partial charge on any atom is -0.377 e. The van der Waals surface area contributed by atoms with E-state index in [0.29, 0.717) is 6.10 Å². The molecule has 0 saturated carbocycles. The first kappa shape index (κ1) is 9.01. The quantitative estimate of drug-likeness (QED) is 0.668. The van der Waals surface area contributed by atoms with Gasteiger partial charge in [0, 0.05) is 19.2 Å². The molecule has 0 spiro atoms. The molecule has 2 nitrogen and oxygen atoms in total. The molecule has 1 saturated heterocycles. The van der Waals surface area contributed by atoms with Crippen LogP contribution in [0.3, 0.4) is 0 Å². The fourth-order valence-electron chi connectivity index (χ4n) is 1.71. The highest BCUT2D eigenvalue weighted by molar-refractivity contribution is 4.81. The highest BCUT2D eigenvalue weighted by Crippen LogP contribution is 2.13. The van der Waals surface area contributed by atoms with Crippen LogP contribution in [0.2, 0.25) is 0 Å².